The molecule has 0 atom stereocenters. The van der Waals surface area contributed by atoms with E-state index in [2.05, 4.69) is 10.5 Å². The maximum absolute atomic E-state index is 5.85. The predicted molar refractivity (Wildman–Crippen MR) is 66.4 cm³/mol. The SMILES string of the molecule is Clc1ccc(N/N=C/c2ccco2)cc1Cl. The van der Waals surface area contributed by atoms with E-state index in [1.165, 1.54) is 0 Å². The summed E-state index contributed by atoms with van der Waals surface area (Å²) in [6.45, 7) is 0. The van der Waals surface area contributed by atoms with Crippen LogP contribution in [0.5, 0.6) is 0 Å². The van der Waals surface area contributed by atoms with E-state index in [4.69, 9.17) is 27.6 Å². The molecule has 0 aliphatic heterocycles. The maximum atomic E-state index is 5.85. The summed E-state index contributed by atoms with van der Waals surface area (Å²) in [6, 6.07) is 8.78. The highest BCUT2D eigenvalue weighted by Gasteiger charge is 1.97. The summed E-state index contributed by atoms with van der Waals surface area (Å²) in [6.07, 6.45) is 3.16. The molecule has 0 spiro atoms. The van der Waals surface area contributed by atoms with Crippen LogP contribution in [0.4, 0.5) is 5.69 Å². The Hall–Kier alpha value is -1.45. The average Bonchev–Trinajstić information content (AvgIpc) is 2.76. The van der Waals surface area contributed by atoms with Crippen molar-refractivity contribution in [3.63, 3.8) is 0 Å². The number of hydrogen-bond donors (Lipinski definition) is 1. The van der Waals surface area contributed by atoms with Gasteiger partial charge in [-0.2, -0.15) is 5.10 Å². The lowest BCUT2D eigenvalue weighted by Gasteiger charge is -2.01. The second-order valence-electron chi connectivity index (χ2n) is 3.01. The molecule has 0 saturated carbocycles. The van der Waals surface area contributed by atoms with E-state index in [1.54, 1.807) is 42.8 Å². The molecule has 1 N–H and O–H groups in total. The standard InChI is InChI=1S/C11H8Cl2N2O/c12-10-4-3-8(6-11(10)13)15-14-7-9-2-1-5-16-9/h1-7,15H/b14-7+. The van der Waals surface area contributed by atoms with Crippen LogP contribution in [0.2, 0.25) is 10.0 Å². The Bertz CT molecular complexity index is 495. The molecule has 5 heteroatoms. The summed E-state index contributed by atoms with van der Waals surface area (Å²) in [4.78, 5) is 0. The maximum Gasteiger partial charge on any atom is 0.146 e. The molecule has 1 aromatic carbocycles. The molecule has 1 heterocycles. The zero-order chi connectivity index (χ0) is 11.4. The molecular weight excluding hydrogens is 247 g/mol. The quantitative estimate of drug-likeness (QED) is 0.664. The van der Waals surface area contributed by atoms with Gasteiger partial charge in [-0.1, -0.05) is 23.2 Å². The van der Waals surface area contributed by atoms with Crippen LogP contribution < -0.4 is 5.43 Å². The Kier molecular flexibility index (Phi) is 3.49. The van der Waals surface area contributed by atoms with Gasteiger partial charge in [0.1, 0.15) is 5.76 Å². The first-order valence-corrected chi connectivity index (χ1v) is 5.29. The second kappa shape index (κ2) is 5.05. The van der Waals surface area contributed by atoms with E-state index in [0.29, 0.717) is 15.8 Å². The fourth-order valence-corrected chi connectivity index (χ4v) is 1.40. The summed E-state index contributed by atoms with van der Waals surface area (Å²) in [5, 5.41) is 4.99. The molecule has 3 nitrogen and oxygen atoms in total. The first kappa shape index (κ1) is 11.0. The fourth-order valence-electron chi connectivity index (χ4n) is 1.10. The van der Waals surface area contributed by atoms with Crippen molar-refractivity contribution in [2.45, 2.75) is 0 Å². The first-order valence-electron chi connectivity index (χ1n) is 4.53. The number of halogens is 2. The zero-order valence-corrected chi connectivity index (χ0v) is 9.66. The van der Waals surface area contributed by atoms with E-state index in [-0.39, 0.29) is 0 Å². The van der Waals surface area contributed by atoms with Crippen molar-refractivity contribution in [1.82, 2.24) is 0 Å². The third-order valence-corrected chi connectivity index (χ3v) is 2.59. The Balaban J connectivity index is 2.02. The lowest BCUT2D eigenvalue weighted by molar-refractivity contribution is 0.560. The topological polar surface area (TPSA) is 37.5 Å². The zero-order valence-electron chi connectivity index (χ0n) is 8.15. The molecule has 1 aromatic heterocycles. The lowest BCUT2D eigenvalue weighted by atomic mass is 10.3. The number of benzene rings is 1. The van der Waals surface area contributed by atoms with Gasteiger partial charge in [-0.05, 0) is 30.3 Å². The Labute approximate surface area is 103 Å². The van der Waals surface area contributed by atoms with Gasteiger partial charge in [0.15, 0.2) is 0 Å². The van der Waals surface area contributed by atoms with Crippen molar-refractivity contribution in [2.75, 3.05) is 5.43 Å². The summed E-state index contributed by atoms with van der Waals surface area (Å²) in [5.74, 6) is 0.674. The Morgan fingerprint density at radius 1 is 1.19 bits per heavy atom. The van der Waals surface area contributed by atoms with Gasteiger partial charge in [-0.25, -0.2) is 0 Å². The van der Waals surface area contributed by atoms with Gasteiger partial charge >= 0.3 is 0 Å². The van der Waals surface area contributed by atoms with Crippen molar-refractivity contribution in [1.29, 1.82) is 0 Å². The van der Waals surface area contributed by atoms with E-state index in [1.807, 2.05) is 0 Å². The van der Waals surface area contributed by atoms with Crippen LogP contribution in [0.15, 0.2) is 46.1 Å². The van der Waals surface area contributed by atoms with E-state index < -0.39 is 0 Å². The molecule has 2 rings (SSSR count). The normalized spacial score (nSPS) is 10.9. The molecule has 0 aliphatic carbocycles. The van der Waals surface area contributed by atoms with Crippen molar-refractivity contribution in [3.8, 4) is 0 Å². The molecule has 0 fully saturated rings. The lowest BCUT2D eigenvalue weighted by Crippen LogP contribution is -1.89. The number of nitrogens with zero attached hydrogens (tertiary/aromatic N) is 1. The minimum absolute atomic E-state index is 0.486. The third-order valence-electron chi connectivity index (χ3n) is 1.85. The first-order chi connectivity index (χ1) is 7.75. The number of hydrazone groups is 1. The van der Waals surface area contributed by atoms with Gasteiger partial charge in [0.2, 0.25) is 0 Å². The molecule has 0 radical (unpaired) electrons. The molecule has 0 saturated heterocycles. The van der Waals surface area contributed by atoms with E-state index >= 15 is 0 Å². The second-order valence-corrected chi connectivity index (χ2v) is 3.83. The fraction of sp³-hybridized carbons (Fsp3) is 0. The molecule has 82 valence electrons. The summed E-state index contributed by atoms with van der Waals surface area (Å²) in [5.41, 5.74) is 3.58. The molecule has 0 bridgehead atoms. The minimum Gasteiger partial charge on any atom is -0.463 e. The van der Waals surface area contributed by atoms with Gasteiger partial charge in [0, 0.05) is 0 Å². The predicted octanol–water partition coefficient (Wildman–Crippen LogP) is 4.03. The highest BCUT2D eigenvalue weighted by atomic mass is 35.5. The molecule has 0 amide bonds. The Morgan fingerprint density at radius 2 is 2.06 bits per heavy atom. The molecule has 2 aromatic rings. The van der Waals surface area contributed by atoms with Crippen LogP contribution in [-0.2, 0) is 0 Å². The van der Waals surface area contributed by atoms with E-state index in [9.17, 15) is 0 Å². The number of rotatable bonds is 3. The van der Waals surface area contributed by atoms with Crippen LogP contribution in [-0.4, -0.2) is 6.21 Å². The minimum atomic E-state index is 0.486. The monoisotopic (exact) mass is 254 g/mol. The van der Waals surface area contributed by atoms with Gasteiger partial charge in [-0.3, -0.25) is 5.43 Å². The van der Waals surface area contributed by atoms with Gasteiger partial charge in [0.05, 0.1) is 28.2 Å². The molecule has 0 aliphatic rings. The van der Waals surface area contributed by atoms with Gasteiger partial charge < -0.3 is 4.42 Å². The van der Waals surface area contributed by atoms with Crippen molar-refractivity contribution in [2.24, 2.45) is 5.10 Å². The summed E-state index contributed by atoms with van der Waals surface area (Å²) >= 11 is 11.6. The van der Waals surface area contributed by atoms with Gasteiger partial charge in [0.25, 0.3) is 0 Å². The van der Waals surface area contributed by atoms with Crippen LogP contribution >= 0.6 is 23.2 Å². The average molecular weight is 255 g/mol. The molecule has 16 heavy (non-hydrogen) atoms. The van der Waals surface area contributed by atoms with Gasteiger partial charge in [-0.15, -0.1) is 0 Å². The summed E-state index contributed by atoms with van der Waals surface area (Å²) in [7, 11) is 0. The number of anilines is 1. The molecule has 0 unspecified atom stereocenters. The van der Waals surface area contributed by atoms with Crippen LogP contribution in [0.25, 0.3) is 0 Å². The number of furan rings is 1. The highest BCUT2D eigenvalue weighted by molar-refractivity contribution is 6.42. The largest absolute Gasteiger partial charge is 0.463 e. The number of hydrogen-bond acceptors (Lipinski definition) is 3. The molecular formula is C11H8Cl2N2O. The highest BCUT2D eigenvalue weighted by Crippen LogP contribution is 2.24. The van der Waals surface area contributed by atoms with Crippen LogP contribution in [0.3, 0.4) is 0 Å². The number of nitrogens with one attached hydrogen (secondary N) is 1. The van der Waals surface area contributed by atoms with Crippen molar-refractivity contribution < 1.29 is 4.42 Å². The van der Waals surface area contributed by atoms with Crippen LogP contribution in [0.1, 0.15) is 5.76 Å². The van der Waals surface area contributed by atoms with E-state index in [0.717, 1.165) is 5.69 Å². The summed E-state index contributed by atoms with van der Waals surface area (Å²) < 4.78 is 5.08. The third kappa shape index (κ3) is 2.78. The van der Waals surface area contributed by atoms with Crippen LogP contribution in [0, 0.1) is 0 Å². The Morgan fingerprint density at radius 3 is 2.75 bits per heavy atom. The van der Waals surface area contributed by atoms with Crippen molar-refractivity contribution in [3.05, 3.63) is 52.4 Å². The van der Waals surface area contributed by atoms with Crippen molar-refractivity contribution >= 4 is 35.1 Å². The smallest absolute Gasteiger partial charge is 0.146 e.